The number of halogens is 2. The molecule has 0 aliphatic heterocycles. The van der Waals surface area contributed by atoms with Gasteiger partial charge in [0.15, 0.2) is 0 Å². The summed E-state index contributed by atoms with van der Waals surface area (Å²) in [7, 11) is 0. The van der Waals surface area contributed by atoms with Crippen LogP contribution in [0.2, 0.25) is 0 Å². The van der Waals surface area contributed by atoms with Crippen molar-refractivity contribution in [3.63, 3.8) is 0 Å². The molecule has 0 saturated carbocycles. The SMILES string of the molecule is Cc1cc(Br)c(F)cc1NCc1c[nH]c2ccccc12. The molecule has 2 N–H and O–H groups in total. The van der Waals surface area contributed by atoms with Gasteiger partial charge in [0.05, 0.1) is 4.47 Å². The maximum Gasteiger partial charge on any atom is 0.139 e. The molecule has 3 aromatic rings. The maximum absolute atomic E-state index is 13.6. The number of aryl methyl sites for hydroxylation is 1. The van der Waals surface area contributed by atoms with Crippen molar-refractivity contribution in [2.24, 2.45) is 0 Å². The fourth-order valence-corrected chi connectivity index (χ4v) is 2.76. The third kappa shape index (κ3) is 2.43. The van der Waals surface area contributed by atoms with Crippen LogP contribution in [0, 0.1) is 12.7 Å². The number of nitrogens with one attached hydrogen (secondary N) is 2. The average Bonchev–Trinajstić information content (AvgIpc) is 2.85. The number of hydrogen-bond donors (Lipinski definition) is 2. The lowest BCUT2D eigenvalue weighted by molar-refractivity contribution is 0.621. The van der Waals surface area contributed by atoms with E-state index in [1.54, 1.807) is 6.07 Å². The number of H-pyrrole nitrogens is 1. The van der Waals surface area contributed by atoms with E-state index in [1.165, 1.54) is 17.0 Å². The summed E-state index contributed by atoms with van der Waals surface area (Å²) in [6.07, 6.45) is 1.99. The minimum absolute atomic E-state index is 0.253. The van der Waals surface area contributed by atoms with Crippen LogP contribution >= 0.6 is 15.9 Å². The van der Waals surface area contributed by atoms with Crippen molar-refractivity contribution in [1.82, 2.24) is 4.98 Å². The normalized spacial score (nSPS) is 10.9. The predicted molar refractivity (Wildman–Crippen MR) is 84.5 cm³/mol. The summed E-state index contributed by atoms with van der Waals surface area (Å²) in [6.45, 7) is 2.62. The highest BCUT2D eigenvalue weighted by Crippen LogP contribution is 2.25. The van der Waals surface area contributed by atoms with Crippen LogP contribution in [0.25, 0.3) is 10.9 Å². The van der Waals surface area contributed by atoms with Gasteiger partial charge in [-0.2, -0.15) is 0 Å². The van der Waals surface area contributed by atoms with Crippen LogP contribution in [0.1, 0.15) is 11.1 Å². The summed E-state index contributed by atoms with van der Waals surface area (Å²) in [5.41, 5.74) is 4.11. The molecular formula is C16H14BrFN2. The van der Waals surface area contributed by atoms with Gasteiger partial charge in [0, 0.05) is 29.3 Å². The zero-order chi connectivity index (χ0) is 14.1. The van der Waals surface area contributed by atoms with Gasteiger partial charge in [0.1, 0.15) is 5.82 Å². The molecule has 2 nitrogen and oxygen atoms in total. The molecule has 0 aliphatic carbocycles. The van der Waals surface area contributed by atoms with Crippen LogP contribution in [-0.4, -0.2) is 4.98 Å². The van der Waals surface area contributed by atoms with Crippen LogP contribution in [0.4, 0.5) is 10.1 Å². The van der Waals surface area contributed by atoms with E-state index >= 15 is 0 Å². The van der Waals surface area contributed by atoms with Crippen LogP contribution in [0.5, 0.6) is 0 Å². The van der Waals surface area contributed by atoms with E-state index in [0.717, 1.165) is 16.8 Å². The molecule has 3 rings (SSSR count). The lowest BCUT2D eigenvalue weighted by Crippen LogP contribution is -2.01. The molecule has 102 valence electrons. The molecule has 1 heterocycles. The summed E-state index contributed by atoms with van der Waals surface area (Å²) in [4.78, 5) is 3.24. The molecule has 0 bridgehead atoms. The van der Waals surface area contributed by atoms with Crippen molar-refractivity contribution in [3.05, 3.63) is 64.0 Å². The number of fused-ring (bicyclic) bond motifs is 1. The van der Waals surface area contributed by atoms with Crippen molar-refractivity contribution in [2.75, 3.05) is 5.32 Å². The Morgan fingerprint density at radius 3 is 2.90 bits per heavy atom. The van der Waals surface area contributed by atoms with E-state index in [1.807, 2.05) is 31.3 Å². The van der Waals surface area contributed by atoms with E-state index in [4.69, 9.17) is 0 Å². The summed E-state index contributed by atoms with van der Waals surface area (Å²) in [5, 5.41) is 4.48. The first-order valence-electron chi connectivity index (χ1n) is 6.39. The van der Waals surface area contributed by atoms with Crippen molar-refractivity contribution < 1.29 is 4.39 Å². The number of aromatic amines is 1. The highest BCUT2D eigenvalue weighted by Gasteiger charge is 2.07. The summed E-state index contributed by atoms with van der Waals surface area (Å²) >= 11 is 3.19. The molecule has 0 fully saturated rings. The molecule has 0 spiro atoms. The molecule has 20 heavy (non-hydrogen) atoms. The Bertz CT molecular complexity index is 764. The van der Waals surface area contributed by atoms with E-state index in [0.29, 0.717) is 11.0 Å². The topological polar surface area (TPSA) is 27.8 Å². The fraction of sp³-hybridized carbons (Fsp3) is 0.125. The fourth-order valence-electron chi connectivity index (χ4n) is 2.31. The Balaban J connectivity index is 1.85. The summed E-state index contributed by atoms with van der Waals surface area (Å²) < 4.78 is 14.1. The molecule has 0 radical (unpaired) electrons. The number of anilines is 1. The molecule has 0 atom stereocenters. The molecular weight excluding hydrogens is 319 g/mol. The zero-order valence-electron chi connectivity index (χ0n) is 11.0. The third-order valence-corrected chi connectivity index (χ3v) is 4.02. The van der Waals surface area contributed by atoms with Crippen LogP contribution < -0.4 is 5.32 Å². The van der Waals surface area contributed by atoms with Crippen molar-refractivity contribution in [2.45, 2.75) is 13.5 Å². The number of benzene rings is 2. The van der Waals surface area contributed by atoms with Gasteiger partial charge in [-0.3, -0.25) is 0 Å². The highest BCUT2D eigenvalue weighted by molar-refractivity contribution is 9.10. The average molecular weight is 333 g/mol. The Morgan fingerprint density at radius 2 is 2.05 bits per heavy atom. The number of aromatic nitrogens is 1. The second-order valence-corrected chi connectivity index (χ2v) is 5.65. The number of para-hydroxylation sites is 1. The minimum Gasteiger partial charge on any atom is -0.381 e. The monoisotopic (exact) mass is 332 g/mol. The molecule has 0 saturated heterocycles. The van der Waals surface area contributed by atoms with Gasteiger partial charge < -0.3 is 10.3 Å². The molecule has 1 aromatic heterocycles. The van der Waals surface area contributed by atoms with Crippen molar-refractivity contribution in [3.8, 4) is 0 Å². The van der Waals surface area contributed by atoms with Gasteiger partial charge in [0.25, 0.3) is 0 Å². The quantitative estimate of drug-likeness (QED) is 0.694. The predicted octanol–water partition coefficient (Wildman–Crippen LogP) is 4.99. The van der Waals surface area contributed by atoms with Crippen LogP contribution in [0.15, 0.2) is 47.1 Å². The number of hydrogen-bond acceptors (Lipinski definition) is 1. The summed E-state index contributed by atoms with van der Waals surface area (Å²) in [6, 6.07) is 11.5. The highest BCUT2D eigenvalue weighted by atomic mass is 79.9. The Hall–Kier alpha value is -1.81. The van der Waals surface area contributed by atoms with Gasteiger partial charge >= 0.3 is 0 Å². The van der Waals surface area contributed by atoms with Gasteiger partial charge in [0.2, 0.25) is 0 Å². The summed E-state index contributed by atoms with van der Waals surface area (Å²) in [5.74, 6) is -0.253. The smallest absolute Gasteiger partial charge is 0.139 e. The third-order valence-electron chi connectivity index (χ3n) is 3.41. The molecule has 4 heteroatoms. The molecule has 0 amide bonds. The Labute approximate surface area is 125 Å². The van der Waals surface area contributed by atoms with Crippen LogP contribution in [-0.2, 0) is 6.54 Å². The molecule has 0 aliphatic rings. The molecule has 2 aromatic carbocycles. The van der Waals surface area contributed by atoms with E-state index in [-0.39, 0.29) is 5.82 Å². The van der Waals surface area contributed by atoms with E-state index in [2.05, 4.69) is 32.3 Å². The van der Waals surface area contributed by atoms with Gasteiger partial charge in [-0.15, -0.1) is 0 Å². The van der Waals surface area contributed by atoms with Crippen molar-refractivity contribution in [1.29, 1.82) is 0 Å². The standard InChI is InChI=1S/C16H14BrFN2/c1-10-6-13(17)14(18)7-16(10)20-9-11-8-19-15-5-3-2-4-12(11)15/h2-8,19-20H,9H2,1H3. The van der Waals surface area contributed by atoms with Crippen molar-refractivity contribution >= 4 is 32.5 Å². The lowest BCUT2D eigenvalue weighted by atomic mass is 10.1. The minimum atomic E-state index is -0.253. The van der Waals surface area contributed by atoms with Gasteiger partial charge in [-0.1, -0.05) is 18.2 Å². The maximum atomic E-state index is 13.6. The number of rotatable bonds is 3. The van der Waals surface area contributed by atoms with Crippen LogP contribution in [0.3, 0.4) is 0 Å². The Morgan fingerprint density at radius 1 is 1.25 bits per heavy atom. The Kier molecular flexibility index (Phi) is 3.49. The first kappa shape index (κ1) is 13.2. The van der Waals surface area contributed by atoms with Gasteiger partial charge in [-0.05, 0) is 52.2 Å². The first-order valence-corrected chi connectivity index (χ1v) is 7.19. The second-order valence-electron chi connectivity index (χ2n) is 4.79. The zero-order valence-corrected chi connectivity index (χ0v) is 12.6. The molecule has 0 unspecified atom stereocenters. The second kappa shape index (κ2) is 5.29. The first-order chi connectivity index (χ1) is 9.65. The van der Waals surface area contributed by atoms with E-state index < -0.39 is 0 Å². The largest absolute Gasteiger partial charge is 0.381 e. The van der Waals surface area contributed by atoms with E-state index in [9.17, 15) is 4.39 Å². The lowest BCUT2D eigenvalue weighted by Gasteiger charge is -2.10. The van der Waals surface area contributed by atoms with Gasteiger partial charge in [-0.25, -0.2) is 4.39 Å².